The number of rotatable bonds is 10. The van der Waals surface area contributed by atoms with Gasteiger partial charge in [0.1, 0.15) is 0 Å². The van der Waals surface area contributed by atoms with E-state index in [9.17, 15) is 0 Å². The van der Waals surface area contributed by atoms with Crippen LogP contribution in [0.15, 0.2) is 273 Å². The first-order chi connectivity index (χ1) is 34.7. The molecule has 330 valence electrons. The maximum Gasteiger partial charge on any atom is 0.0634 e. The third-order valence-electron chi connectivity index (χ3n) is 13.5. The quantitative estimate of drug-likeness (QED) is 0.135. The van der Waals surface area contributed by atoms with E-state index in [0.29, 0.717) is 0 Å². The molecule has 13 aromatic rings. The Bertz CT molecular complexity index is 3810. The van der Waals surface area contributed by atoms with Crippen LogP contribution in [-0.4, -0.2) is 4.57 Å². The van der Waals surface area contributed by atoms with Crippen LogP contribution in [0.25, 0.3) is 81.0 Å². The third-order valence-corrected chi connectivity index (χ3v) is 14.7. The number of hydrogen-bond acceptors (Lipinski definition) is 3. The smallest absolute Gasteiger partial charge is 0.0634 e. The predicted octanol–water partition coefficient (Wildman–Crippen LogP) is 19.1. The van der Waals surface area contributed by atoms with Crippen LogP contribution in [0.4, 0.5) is 34.1 Å². The van der Waals surface area contributed by atoms with Gasteiger partial charge in [0, 0.05) is 76.3 Å². The van der Waals surface area contributed by atoms with Crippen molar-refractivity contribution in [3.05, 3.63) is 273 Å². The molecule has 11 aromatic carbocycles. The highest BCUT2D eigenvalue weighted by Gasteiger charge is 2.25. The highest BCUT2D eigenvalue weighted by atomic mass is 32.1. The van der Waals surface area contributed by atoms with Crippen LogP contribution < -0.4 is 9.80 Å². The number of aromatic nitrogens is 1. The Labute approximate surface area is 411 Å². The van der Waals surface area contributed by atoms with E-state index >= 15 is 0 Å². The van der Waals surface area contributed by atoms with Gasteiger partial charge < -0.3 is 14.4 Å². The standard InChI is InChI=1S/C66H45N3S/c1-6-20-46(21-7-1)48-34-38-54(39-35-48)67(51-24-10-3-11-25-51)56-42-50(43-57(44-56)68(52-26-12-4-13-27-52)55-40-36-49(37-41-55)47-22-8-2-9-23-47)60-45-61-58-30-16-18-32-62(58)69(53-28-14-5-15-29-53)65(61)64-59-31-17-19-33-63(59)70-66(60)64/h1-45H. The summed E-state index contributed by atoms with van der Waals surface area (Å²) in [6.07, 6.45) is 0. The lowest BCUT2D eigenvalue weighted by atomic mass is 9.97. The predicted molar refractivity (Wildman–Crippen MR) is 299 cm³/mol. The molecule has 0 fully saturated rings. The first-order valence-electron chi connectivity index (χ1n) is 23.8. The molecular weight excluding hydrogens is 867 g/mol. The highest BCUT2D eigenvalue weighted by Crippen LogP contribution is 2.50. The van der Waals surface area contributed by atoms with Crippen molar-refractivity contribution in [2.45, 2.75) is 0 Å². The normalized spacial score (nSPS) is 11.4. The highest BCUT2D eigenvalue weighted by molar-refractivity contribution is 7.26. The summed E-state index contributed by atoms with van der Waals surface area (Å²) in [5.41, 5.74) is 17.0. The van der Waals surface area contributed by atoms with E-state index < -0.39 is 0 Å². The first kappa shape index (κ1) is 41.2. The summed E-state index contributed by atoms with van der Waals surface area (Å²) in [7, 11) is 0. The molecule has 13 rings (SSSR count). The molecular formula is C66H45N3S. The van der Waals surface area contributed by atoms with Crippen molar-refractivity contribution >= 4 is 87.4 Å². The summed E-state index contributed by atoms with van der Waals surface area (Å²) in [5.74, 6) is 0. The number of benzene rings is 11. The molecule has 2 heterocycles. The van der Waals surface area contributed by atoms with E-state index in [1.807, 2.05) is 11.3 Å². The van der Waals surface area contributed by atoms with Crippen LogP contribution in [-0.2, 0) is 0 Å². The molecule has 0 spiro atoms. The van der Waals surface area contributed by atoms with Gasteiger partial charge in [0.2, 0.25) is 0 Å². The molecule has 0 atom stereocenters. The van der Waals surface area contributed by atoms with Gasteiger partial charge in [-0.15, -0.1) is 11.3 Å². The van der Waals surface area contributed by atoms with Gasteiger partial charge in [-0.25, -0.2) is 0 Å². The van der Waals surface area contributed by atoms with Crippen LogP contribution in [0.5, 0.6) is 0 Å². The van der Waals surface area contributed by atoms with Gasteiger partial charge in [-0.3, -0.25) is 0 Å². The molecule has 3 nitrogen and oxygen atoms in total. The minimum absolute atomic E-state index is 1.05. The number of para-hydroxylation sites is 4. The molecule has 2 aromatic heterocycles. The Morgan fingerprint density at radius 1 is 0.300 bits per heavy atom. The van der Waals surface area contributed by atoms with E-state index in [4.69, 9.17) is 0 Å². The van der Waals surface area contributed by atoms with Crippen LogP contribution >= 0.6 is 11.3 Å². The average molecular weight is 912 g/mol. The van der Waals surface area contributed by atoms with Gasteiger partial charge in [0.15, 0.2) is 0 Å². The van der Waals surface area contributed by atoms with Crippen molar-refractivity contribution in [3.63, 3.8) is 0 Å². The fraction of sp³-hybridized carbons (Fsp3) is 0. The van der Waals surface area contributed by atoms with Crippen molar-refractivity contribution in [2.75, 3.05) is 9.80 Å². The van der Waals surface area contributed by atoms with E-state index in [1.165, 1.54) is 69.8 Å². The molecule has 4 heteroatoms. The van der Waals surface area contributed by atoms with E-state index in [1.54, 1.807) is 0 Å². The number of hydrogen-bond donors (Lipinski definition) is 0. The zero-order chi connectivity index (χ0) is 46.4. The number of thiophene rings is 1. The summed E-state index contributed by atoms with van der Waals surface area (Å²) >= 11 is 1.88. The van der Waals surface area contributed by atoms with E-state index in [0.717, 1.165) is 45.4 Å². The zero-order valence-electron chi connectivity index (χ0n) is 38.2. The molecule has 0 saturated heterocycles. The van der Waals surface area contributed by atoms with Gasteiger partial charge in [-0.05, 0) is 125 Å². The number of nitrogens with zero attached hydrogens (tertiary/aromatic N) is 3. The molecule has 0 aliphatic carbocycles. The fourth-order valence-electron chi connectivity index (χ4n) is 10.3. The average Bonchev–Trinajstić information content (AvgIpc) is 3.99. The molecule has 70 heavy (non-hydrogen) atoms. The van der Waals surface area contributed by atoms with Crippen molar-refractivity contribution in [2.24, 2.45) is 0 Å². The van der Waals surface area contributed by atoms with Crippen LogP contribution in [0.3, 0.4) is 0 Å². The topological polar surface area (TPSA) is 11.4 Å². The van der Waals surface area contributed by atoms with Crippen LogP contribution in [0.2, 0.25) is 0 Å². The Balaban J connectivity index is 1.11. The molecule has 0 saturated carbocycles. The van der Waals surface area contributed by atoms with Gasteiger partial charge >= 0.3 is 0 Å². The van der Waals surface area contributed by atoms with Crippen molar-refractivity contribution in [3.8, 4) is 39.1 Å². The number of anilines is 6. The minimum Gasteiger partial charge on any atom is -0.310 e. The molecule has 0 bridgehead atoms. The molecule has 0 aliphatic rings. The fourth-order valence-corrected chi connectivity index (χ4v) is 11.6. The molecule has 0 amide bonds. The maximum atomic E-state index is 2.48. The molecule has 0 unspecified atom stereocenters. The Morgan fingerprint density at radius 3 is 1.27 bits per heavy atom. The summed E-state index contributed by atoms with van der Waals surface area (Å²) in [4.78, 5) is 4.82. The summed E-state index contributed by atoms with van der Waals surface area (Å²) < 4.78 is 5.00. The second kappa shape index (κ2) is 17.6. The van der Waals surface area contributed by atoms with Gasteiger partial charge in [0.25, 0.3) is 0 Å². The van der Waals surface area contributed by atoms with Gasteiger partial charge in [-0.1, -0.05) is 176 Å². The molecule has 0 radical (unpaired) electrons. The Hall–Kier alpha value is -8.96. The zero-order valence-corrected chi connectivity index (χ0v) is 39.0. The van der Waals surface area contributed by atoms with Crippen molar-refractivity contribution in [1.82, 2.24) is 4.57 Å². The second-order valence-corrected chi connectivity index (χ2v) is 18.8. The summed E-state index contributed by atoms with van der Waals surface area (Å²) in [6, 6.07) is 99.1. The maximum absolute atomic E-state index is 2.48. The Kier molecular flexibility index (Phi) is 10.4. The summed E-state index contributed by atoms with van der Waals surface area (Å²) in [5, 5.41) is 4.99. The molecule has 0 aliphatic heterocycles. The minimum atomic E-state index is 1.05. The lowest BCUT2D eigenvalue weighted by molar-refractivity contribution is 1.19. The third kappa shape index (κ3) is 7.30. The van der Waals surface area contributed by atoms with E-state index in [2.05, 4.69) is 287 Å². The van der Waals surface area contributed by atoms with Crippen molar-refractivity contribution in [1.29, 1.82) is 0 Å². The van der Waals surface area contributed by atoms with Crippen LogP contribution in [0.1, 0.15) is 0 Å². The largest absolute Gasteiger partial charge is 0.310 e. The summed E-state index contributed by atoms with van der Waals surface area (Å²) in [6.45, 7) is 0. The van der Waals surface area contributed by atoms with E-state index in [-0.39, 0.29) is 0 Å². The Morgan fingerprint density at radius 2 is 0.729 bits per heavy atom. The van der Waals surface area contributed by atoms with Gasteiger partial charge in [0.05, 0.1) is 11.0 Å². The first-order valence-corrected chi connectivity index (χ1v) is 24.6. The monoisotopic (exact) mass is 911 g/mol. The SMILES string of the molecule is c1ccc(-c2ccc(N(c3ccccc3)c3cc(-c4cc5c6ccccc6n(-c6ccccc6)c5c5c4sc4ccccc45)cc(N(c4ccccc4)c4ccc(-c5ccccc5)cc4)c3)cc2)cc1. The van der Waals surface area contributed by atoms with Crippen molar-refractivity contribution < 1.29 is 0 Å². The van der Waals surface area contributed by atoms with Gasteiger partial charge in [-0.2, -0.15) is 0 Å². The lowest BCUT2D eigenvalue weighted by Gasteiger charge is -2.30. The van der Waals surface area contributed by atoms with Crippen LogP contribution in [0, 0.1) is 0 Å². The molecule has 0 N–H and O–H groups in total. The second-order valence-electron chi connectivity index (χ2n) is 17.7. The number of fused-ring (bicyclic) bond motifs is 7. The lowest BCUT2D eigenvalue weighted by Crippen LogP contribution is -2.13.